The molecule has 2 saturated heterocycles. The number of rotatable bonds is 7. The molecule has 0 radical (unpaired) electrons. The van der Waals surface area contributed by atoms with Crippen LogP contribution in [0.1, 0.15) is 0 Å². The molecule has 6 nitrogen and oxygen atoms in total. The molecule has 2 N–H and O–H groups in total. The minimum Gasteiger partial charge on any atom is -0.507 e. The number of epoxide rings is 2. The monoisotopic (exact) mass is 330 g/mol. The standard InChI is InChI=1S/C18H18O6/c19-17-3-1-11(21-7-13-9-23-13)5-15(17)16-6-12(2-4-18(16)20)22-8-14-10-24-14/h1-6,13-14,19-20H,7-10H2. The quantitative estimate of drug-likeness (QED) is 0.758. The van der Waals surface area contributed by atoms with Crippen molar-refractivity contribution in [2.45, 2.75) is 12.2 Å². The molecule has 2 unspecified atom stereocenters. The Hall–Kier alpha value is -2.44. The lowest BCUT2D eigenvalue weighted by atomic mass is 10.0. The van der Waals surface area contributed by atoms with Gasteiger partial charge in [-0.15, -0.1) is 0 Å². The molecule has 0 aromatic heterocycles. The van der Waals surface area contributed by atoms with E-state index < -0.39 is 0 Å². The zero-order valence-corrected chi connectivity index (χ0v) is 13.0. The van der Waals surface area contributed by atoms with E-state index in [-0.39, 0.29) is 23.7 Å². The van der Waals surface area contributed by atoms with Gasteiger partial charge in [0.1, 0.15) is 48.4 Å². The summed E-state index contributed by atoms with van der Waals surface area (Å²) in [7, 11) is 0. The van der Waals surface area contributed by atoms with Crippen LogP contribution in [-0.4, -0.2) is 48.8 Å². The number of hydrogen-bond acceptors (Lipinski definition) is 6. The summed E-state index contributed by atoms with van der Waals surface area (Å²) in [4.78, 5) is 0. The van der Waals surface area contributed by atoms with Gasteiger partial charge in [0.2, 0.25) is 0 Å². The zero-order valence-electron chi connectivity index (χ0n) is 13.0. The van der Waals surface area contributed by atoms with Crippen molar-refractivity contribution in [3.8, 4) is 34.1 Å². The van der Waals surface area contributed by atoms with Gasteiger partial charge < -0.3 is 29.2 Å². The Kier molecular flexibility index (Phi) is 3.92. The Morgan fingerprint density at radius 1 is 0.792 bits per heavy atom. The van der Waals surface area contributed by atoms with E-state index >= 15 is 0 Å². The highest BCUT2D eigenvalue weighted by atomic mass is 16.6. The molecule has 0 amide bonds. The summed E-state index contributed by atoms with van der Waals surface area (Å²) < 4.78 is 21.5. The van der Waals surface area contributed by atoms with Gasteiger partial charge in [-0.2, -0.15) is 0 Å². The highest BCUT2D eigenvalue weighted by Gasteiger charge is 2.24. The van der Waals surface area contributed by atoms with Gasteiger partial charge in [-0.1, -0.05) is 0 Å². The molecule has 2 fully saturated rings. The Balaban J connectivity index is 1.58. The summed E-state index contributed by atoms with van der Waals surface area (Å²) in [6, 6.07) is 9.85. The van der Waals surface area contributed by atoms with Gasteiger partial charge in [0, 0.05) is 11.1 Å². The van der Waals surface area contributed by atoms with Gasteiger partial charge in [0.05, 0.1) is 13.2 Å². The van der Waals surface area contributed by atoms with E-state index in [1.807, 2.05) is 0 Å². The summed E-state index contributed by atoms with van der Waals surface area (Å²) in [5.41, 5.74) is 0.963. The van der Waals surface area contributed by atoms with Gasteiger partial charge in [-0.3, -0.25) is 0 Å². The first-order chi connectivity index (χ1) is 11.7. The lowest BCUT2D eigenvalue weighted by Gasteiger charge is -2.12. The maximum absolute atomic E-state index is 10.2. The van der Waals surface area contributed by atoms with E-state index in [9.17, 15) is 10.2 Å². The second-order valence-corrected chi connectivity index (χ2v) is 5.89. The van der Waals surface area contributed by atoms with Crippen molar-refractivity contribution in [1.82, 2.24) is 0 Å². The number of phenols is 2. The Labute approximate surface area is 139 Å². The summed E-state index contributed by atoms with van der Waals surface area (Å²) in [5.74, 6) is 1.33. The summed E-state index contributed by atoms with van der Waals surface area (Å²) in [6.07, 6.45) is 0.300. The van der Waals surface area contributed by atoms with E-state index in [2.05, 4.69) is 0 Å². The van der Waals surface area contributed by atoms with Gasteiger partial charge in [-0.05, 0) is 36.4 Å². The molecular weight excluding hydrogens is 312 g/mol. The van der Waals surface area contributed by atoms with Crippen molar-refractivity contribution in [2.75, 3.05) is 26.4 Å². The lowest BCUT2D eigenvalue weighted by Crippen LogP contribution is -2.04. The van der Waals surface area contributed by atoms with Crippen LogP contribution in [0.15, 0.2) is 36.4 Å². The maximum Gasteiger partial charge on any atom is 0.123 e. The molecular formula is C18H18O6. The first-order valence-corrected chi connectivity index (χ1v) is 7.84. The minimum atomic E-state index is 0.0583. The third kappa shape index (κ3) is 3.55. The summed E-state index contributed by atoms with van der Waals surface area (Å²) in [6.45, 7) is 2.38. The van der Waals surface area contributed by atoms with E-state index in [0.29, 0.717) is 35.8 Å². The smallest absolute Gasteiger partial charge is 0.123 e. The Morgan fingerprint density at radius 2 is 1.21 bits per heavy atom. The number of ether oxygens (including phenoxy) is 4. The molecule has 4 rings (SSSR count). The Bertz CT molecular complexity index is 673. The van der Waals surface area contributed by atoms with Crippen LogP contribution >= 0.6 is 0 Å². The van der Waals surface area contributed by atoms with Crippen LogP contribution < -0.4 is 9.47 Å². The van der Waals surface area contributed by atoms with Crippen molar-refractivity contribution in [3.05, 3.63) is 36.4 Å². The maximum atomic E-state index is 10.2. The van der Waals surface area contributed by atoms with Crippen LogP contribution in [-0.2, 0) is 9.47 Å². The molecule has 126 valence electrons. The number of hydrogen-bond donors (Lipinski definition) is 2. The molecule has 0 aliphatic carbocycles. The molecule has 2 atom stereocenters. The van der Waals surface area contributed by atoms with E-state index in [1.54, 1.807) is 36.4 Å². The SMILES string of the molecule is Oc1ccc(OCC2CO2)cc1-c1cc(OCC2CO2)ccc1O. The minimum absolute atomic E-state index is 0.0583. The fourth-order valence-corrected chi connectivity index (χ4v) is 2.35. The lowest BCUT2D eigenvalue weighted by molar-refractivity contribution is 0.262. The zero-order chi connectivity index (χ0) is 16.5. The average molecular weight is 330 g/mol. The molecule has 2 aromatic rings. The highest BCUT2D eigenvalue weighted by molar-refractivity contribution is 5.77. The van der Waals surface area contributed by atoms with Crippen molar-refractivity contribution < 1.29 is 29.2 Å². The van der Waals surface area contributed by atoms with Crippen LogP contribution in [0.4, 0.5) is 0 Å². The first kappa shape index (κ1) is 15.1. The third-order valence-electron chi connectivity index (χ3n) is 3.90. The van der Waals surface area contributed by atoms with Gasteiger partial charge in [0.15, 0.2) is 0 Å². The Morgan fingerprint density at radius 3 is 1.58 bits per heavy atom. The average Bonchev–Trinajstić information content (AvgIpc) is 3.47. The molecule has 6 heteroatoms. The second-order valence-electron chi connectivity index (χ2n) is 5.89. The van der Waals surface area contributed by atoms with E-state index in [4.69, 9.17) is 18.9 Å². The predicted molar refractivity (Wildman–Crippen MR) is 85.7 cm³/mol. The van der Waals surface area contributed by atoms with Crippen LogP contribution in [0.2, 0.25) is 0 Å². The van der Waals surface area contributed by atoms with E-state index in [1.165, 1.54) is 0 Å². The molecule has 2 heterocycles. The predicted octanol–water partition coefficient (Wildman–Crippen LogP) is 2.32. The summed E-state index contributed by atoms with van der Waals surface area (Å²) in [5, 5.41) is 20.3. The first-order valence-electron chi connectivity index (χ1n) is 7.84. The second kappa shape index (κ2) is 6.22. The van der Waals surface area contributed by atoms with E-state index in [0.717, 1.165) is 13.2 Å². The van der Waals surface area contributed by atoms with Crippen LogP contribution in [0.3, 0.4) is 0 Å². The number of benzene rings is 2. The molecule has 24 heavy (non-hydrogen) atoms. The normalized spacial score (nSPS) is 21.3. The number of phenolic OH excluding ortho intramolecular Hbond substituents is 2. The van der Waals surface area contributed by atoms with Crippen molar-refractivity contribution in [3.63, 3.8) is 0 Å². The molecule has 0 spiro atoms. The molecule has 2 aliphatic heterocycles. The van der Waals surface area contributed by atoms with Crippen LogP contribution in [0.25, 0.3) is 11.1 Å². The fourth-order valence-electron chi connectivity index (χ4n) is 2.35. The molecule has 2 aromatic carbocycles. The van der Waals surface area contributed by atoms with Gasteiger partial charge in [0.25, 0.3) is 0 Å². The largest absolute Gasteiger partial charge is 0.507 e. The van der Waals surface area contributed by atoms with Crippen LogP contribution in [0.5, 0.6) is 23.0 Å². The topological polar surface area (TPSA) is 84.0 Å². The fraction of sp³-hybridized carbons (Fsp3) is 0.333. The van der Waals surface area contributed by atoms with Crippen molar-refractivity contribution >= 4 is 0 Å². The number of aromatic hydroxyl groups is 2. The van der Waals surface area contributed by atoms with Gasteiger partial charge in [-0.25, -0.2) is 0 Å². The van der Waals surface area contributed by atoms with Crippen molar-refractivity contribution in [1.29, 1.82) is 0 Å². The molecule has 0 bridgehead atoms. The molecule has 2 aliphatic rings. The molecule has 0 saturated carbocycles. The van der Waals surface area contributed by atoms with Crippen molar-refractivity contribution in [2.24, 2.45) is 0 Å². The highest BCUT2D eigenvalue weighted by Crippen LogP contribution is 2.39. The third-order valence-corrected chi connectivity index (χ3v) is 3.90. The summed E-state index contributed by atoms with van der Waals surface area (Å²) >= 11 is 0. The van der Waals surface area contributed by atoms with Crippen LogP contribution in [0, 0.1) is 0 Å². The van der Waals surface area contributed by atoms with Gasteiger partial charge >= 0.3 is 0 Å².